The molecule has 0 bridgehead atoms. The van der Waals surface area contributed by atoms with Crippen LogP contribution in [0.15, 0.2) is 54.7 Å². The maximum absolute atomic E-state index is 2.39. The molecule has 102 valence electrons. The van der Waals surface area contributed by atoms with Crippen molar-refractivity contribution in [3.05, 3.63) is 60.3 Å². The smallest absolute Gasteiger partial charge is 0.0494 e. The van der Waals surface area contributed by atoms with Gasteiger partial charge in [0.25, 0.3) is 0 Å². The predicted molar refractivity (Wildman–Crippen MR) is 87.1 cm³/mol. The number of nitrogens with zero attached hydrogens (tertiary/aromatic N) is 1. The Kier molecular flexibility index (Phi) is 2.93. The molecule has 0 fully saturated rings. The maximum atomic E-state index is 2.39. The third-order valence-corrected chi connectivity index (χ3v) is 3.85. The molecule has 0 N–H and O–H groups in total. The van der Waals surface area contributed by atoms with Crippen molar-refractivity contribution < 1.29 is 0 Å². The standard InChI is InChI=1S/C19H21N/c1-14-9-8-12-17-18(14)16(13-20(17)19(2,3)4)15-10-6-5-7-11-15/h5-13H,1-4H3. The monoisotopic (exact) mass is 263 g/mol. The number of hydrogen-bond donors (Lipinski definition) is 0. The van der Waals surface area contributed by atoms with E-state index in [1.54, 1.807) is 0 Å². The summed E-state index contributed by atoms with van der Waals surface area (Å²) in [7, 11) is 0. The van der Waals surface area contributed by atoms with Gasteiger partial charge < -0.3 is 4.57 Å². The Morgan fingerprint density at radius 3 is 2.20 bits per heavy atom. The Bertz CT molecular complexity index is 743. The van der Waals surface area contributed by atoms with Crippen molar-refractivity contribution in [2.45, 2.75) is 33.2 Å². The van der Waals surface area contributed by atoms with Crippen LogP contribution in [0, 0.1) is 6.92 Å². The van der Waals surface area contributed by atoms with Gasteiger partial charge in [0, 0.05) is 28.2 Å². The first-order valence-corrected chi connectivity index (χ1v) is 7.15. The molecule has 0 amide bonds. The van der Waals surface area contributed by atoms with Crippen molar-refractivity contribution in [3.63, 3.8) is 0 Å². The SMILES string of the molecule is Cc1cccc2c1c(-c1ccccc1)cn2C(C)(C)C. The van der Waals surface area contributed by atoms with Crippen molar-refractivity contribution in [2.75, 3.05) is 0 Å². The third kappa shape index (κ3) is 2.03. The van der Waals surface area contributed by atoms with Gasteiger partial charge in [-0.1, -0.05) is 42.5 Å². The largest absolute Gasteiger partial charge is 0.342 e. The summed E-state index contributed by atoms with van der Waals surface area (Å²) >= 11 is 0. The molecule has 20 heavy (non-hydrogen) atoms. The molecule has 1 heteroatoms. The molecule has 1 heterocycles. The lowest BCUT2D eigenvalue weighted by atomic mass is 10.0. The van der Waals surface area contributed by atoms with Gasteiger partial charge in [0.15, 0.2) is 0 Å². The van der Waals surface area contributed by atoms with Crippen LogP contribution in [-0.2, 0) is 5.54 Å². The lowest BCUT2D eigenvalue weighted by molar-refractivity contribution is 0.411. The van der Waals surface area contributed by atoms with Crippen molar-refractivity contribution in [3.8, 4) is 11.1 Å². The van der Waals surface area contributed by atoms with E-state index in [0.717, 1.165) is 0 Å². The molecule has 0 saturated heterocycles. The van der Waals surface area contributed by atoms with Crippen LogP contribution in [0.4, 0.5) is 0 Å². The Labute approximate surface area is 120 Å². The summed E-state index contributed by atoms with van der Waals surface area (Å²) in [4.78, 5) is 0. The number of benzene rings is 2. The van der Waals surface area contributed by atoms with Gasteiger partial charge in [-0.3, -0.25) is 0 Å². The second-order valence-corrected chi connectivity index (χ2v) is 6.42. The van der Waals surface area contributed by atoms with Gasteiger partial charge in [-0.2, -0.15) is 0 Å². The highest BCUT2D eigenvalue weighted by Gasteiger charge is 2.19. The number of hydrogen-bond acceptors (Lipinski definition) is 0. The molecule has 3 aromatic rings. The Hall–Kier alpha value is -2.02. The molecular weight excluding hydrogens is 242 g/mol. The number of aromatic nitrogens is 1. The van der Waals surface area contributed by atoms with E-state index in [-0.39, 0.29) is 5.54 Å². The summed E-state index contributed by atoms with van der Waals surface area (Å²) in [5.41, 5.74) is 5.35. The van der Waals surface area contributed by atoms with Crippen LogP contribution in [0.3, 0.4) is 0 Å². The Morgan fingerprint density at radius 1 is 0.850 bits per heavy atom. The minimum absolute atomic E-state index is 0.0824. The van der Waals surface area contributed by atoms with E-state index in [9.17, 15) is 0 Å². The molecule has 0 unspecified atom stereocenters. The van der Waals surface area contributed by atoms with Crippen LogP contribution in [0.2, 0.25) is 0 Å². The molecule has 3 rings (SSSR count). The molecule has 2 aromatic carbocycles. The van der Waals surface area contributed by atoms with Gasteiger partial charge in [0.05, 0.1) is 0 Å². The maximum Gasteiger partial charge on any atom is 0.0494 e. The molecule has 0 saturated carbocycles. The van der Waals surface area contributed by atoms with Gasteiger partial charge in [-0.05, 0) is 44.9 Å². The van der Waals surface area contributed by atoms with E-state index in [4.69, 9.17) is 0 Å². The second kappa shape index (κ2) is 4.52. The molecule has 0 aliphatic rings. The first-order valence-electron chi connectivity index (χ1n) is 7.15. The van der Waals surface area contributed by atoms with Crippen LogP contribution in [-0.4, -0.2) is 4.57 Å². The number of fused-ring (bicyclic) bond motifs is 1. The van der Waals surface area contributed by atoms with Crippen LogP contribution < -0.4 is 0 Å². The number of rotatable bonds is 1. The number of aryl methyl sites for hydroxylation is 1. The molecule has 0 aliphatic heterocycles. The van der Waals surface area contributed by atoms with Crippen molar-refractivity contribution in [2.24, 2.45) is 0 Å². The molecule has 0 aliphatic carbocycles. The summed E-state index contributed by atoms with van der Waals surface area (Å²) in [5, 5.41) is 1.37. The summed E-state index contributed by atoms with van der Waals surface area (Å²) in [6.07, 6.45) is 2.30. The summed E-state index contributed by atoms with van der Waals surface area (Å²) in [6, 6.07) is 17.2. The summed E-state index contributed by atoms with van der Waals surface area (Å²) < 4.78 is 2.39. The van der Waals surface area contributed by atoms with Gasteiger partial charge >= 0.3 is 0 Å². The fraction of sp³-hybridized carbons (Fsp3) is 0.263. The minimum Gasteiger partial charge on any atom is -0.342 e. The summed E-state index contributed by atoms with van der Waals surface area (Å²) in [5.74, 6) is 0. The zero-order valence-corrected chi connectivity index (χ0v) is 12.6. The first-order chi connectivity index (χ1) is 9.48. The van der Waals surface area contributed by atoms with Gasteiger partial charge in [0.1, 0.15) is 0 Å². The molecule has 0 atom stereocenters. The van der Waals surface area contributed by atoms with Crippen molar-refractivity contribution in [1.29, 1.82) is 0 Å². The van der Waals surface area contributed by atoms with Crippen molar-refractivity contribution >= 4 is 10.9 Å². The van der Waals surface area contributed by atoms with Crippen LogP contribution in [0.5, 0.6) is 0 Å². The van der Waals surface area contributed by atoms with Crippen LogP contribution >= 0.6 is 0 Å². The fourth-order valence-corrected chi connectivity index (χ4v) is 2.86. The fourth-order valence-electron chi connectivity index (χ4n) is 2.86. The normalized spacial score (nSPS) is 12.0. The second-order valence-electron chi connectivity index (χ2n) is 6.42. The average molecular weight is 263 g/mol. The van der Waals surface area contributed by atoms with E-state index >= 15 is 0 Å². The van der Waals surface area contributed by atoms with Gasteiger partial charge in [0.2, 0.25) is 0 Å². The third-order valence-electron chi connectivity index (χ3n) is 3.85. The van der Waals surface area contributed by atoms with Crippen molar-refractivity contribution in [1.82, 2.24) is 4.57 Å². The van der Waals surface area contributed by atoms with Crippen LogP contribution in [0.25, 0.3) is 22.0 Å². The zero-order chi connectivity index (χ0) is 14.3. The highest BCUT2D eigenvalue weighted by Crippen LogP contribution is 2.35. The van der Waals surface area contributed by atoms with Crippen LogP contribution in [0.1, 0.15) is 26.3 Å². The van der Waals surface area contributed by atoms with E-state index in [0.29, 0.717) is 0 Å². The van der Waals surface area contributed by atoms with Gasteiger partial charge in [-0.25, -0.2) is 0 Å². The predicted octanol–water partition coefficient (Wildman–Crippen LogP) is 5.37. The molecular formula is C19H21N. The van der Waals surface area contributed by atoms with E-state index in [2.05, 4.69) is 87.0 Å². The lowest BCUT2D eigenvalue weighted by Crippen LogP contribution is -2.20. The minimum atomic E-state index is 0.0824. The molecule has 1 aromatic heterocycles. The highest BCUT2D eigenvalue weighted by atomic mass is 15.0. The van der Waals surface area contributed by atoms with E-state index < -0.39 is 0 Å². The molecule has 0 spiro atoms. The lowest BCUT2D eigenvalue weighted by Gasteiger charge is -2.22. The average Bonchev–Trinajstić information content (AvgIpc) is 2.81. The first kappa shape index (κ1) is 13.0. The Balaban J connectivity index is 2.39. The topological polar surface area (TPSA) is 4.93 Å². The summed E-state index contributed by atoms with van der Waals surface area (Å²) in [6.45, 7) is 8.96. The molecule has 0 radical (unpaired) electrons. The van der Waals surface area contributed by atoms with E-state index in [1.807, 2.05) is 0 Å². The van der Waals surface area contributed by atoms with E-state index in [1.165, 1.54) is 27.6 Å². The zero-order valence-electron chi connectivity index (χ0n) is 12.6. The molecule has 1 nitrogen and oxygen atoms in total. The highest BCUT2D eigenvalue weighted by molar-refractivity contribution is 5.98. The van der Waals surface area contributed by atoms with Gasteiger partial charge in [-0.15, -0.1) is 0 Å². The Morgan fingerprint density at radius 2 is 1.55 bits per heavy atom. The quantitative estimate of drug-likeness (QED) is 0.556.